The summed E-state index contributed by atoms with van der Waals surface area (Å²) in [6, 6.07) is 10.0. The Morgan fingerprint density at radius 3 is 2.71 bits per heavy atom. The molecule has 0 atom stereocenters. The molecule has 0 saturated carbocycles. The fourth-order valence-electron chi connectivity index (χ4n) is 2.01. The molecule has 0 unspecified atom stereocenters. The van der Waals surface area contributed by atoms with E-state index in [0.29, 0.717) is 5.84 Å². The number of nitrogens with two attached hydrogens (primary N) is 1. The van der Waals surface area contributed by atoms with E-state index in [4.69, 9.17) is 5.73 Å². The van der Waals surface area contributed by atoms with Crippen LogP contribution < -0.4 is 5.73 Å². The SMILES string of the molecule is NC1=NN=C(c2ccnc3ccccc23)CC1. The van der Waals surface area contributed by atoms with Crippen LogP contribution >= 0.6 is 0 Å². The first-order chi connectivity index (χ1) is 8.34. The van der Waals surface area contributed by atoms with Crippen LogP contribution in [0.1, 0.15) is 18.4 Å². The number of hydrogen-bond donors (Lipinski definition) is 1. The molecule has 1 aromatic carbocycles. The molecule has 2 N–H and O–H groups in total. The smallest absolute Gasteiger partial charge is 0.122 e. The zero-order valence-electron chi connectivity index (χ0n) is 9.30. The van der Waals surface area contributed by atoms with E-state index in [1.54, 1.807) is 0 Å². The lowest BCUT2D eigenvalue weighted by Crippen LogP contribution is -2.17. The minimum absolute atomic E-state index is 0.604. The number of fused-ring (bicyclic) bond motifs is 1. The zero-order valence-corrected chi connectivity index (χ0v) is 9.30. The summed E-state index contributed by atoms with van der Waals surface area (Å²) in [5.74, 6) is 0.604. The van der Waals surface area contributed by atoms with Gasteiger partial charge in [-0.3, -0.25) is 4.98 Å². The van der Waals surface area contributed by atoms with E-state index in [-0.39, 0.29) is 0 Å². The minimum Gasteiger partial charge on any atom is -0.386 e. The van der Waals surface area contributed by atoms with Gasteiger partial charge in [0.05, 0.1) is 11.2 Å². The highest BCUT2D eigenvalue weighted by atomic mass is 15.2. The Balaban J connectivity index is 2.18. The van der Waals surface area contributed by atoms with Crippen LogP contribution in [0, 0.1) is 0 Å². The number of para-hydroxylation sites is 1. The number of hydrogen-bond acceptors (Lipinski definition) is 4. The van der Waals surface area contributed by atoms with E-state index >= 15 is 0 Å². The molecule has 4 nitrogen and oxygen atoms in total. The van der Waals surface area contributed by atoms with Gasteiger partial charge in [0.25, 0.3) is 0 Å². The summed E-state index contributed by atoms with van der Waals surface area (Å²) in [6.07, 6.45) is 3.42. The quantitative estimate of drug-likeness (QED) is 0.806. The van der Waals surface area contributed by atoms with E-state index < -0.39 is 0 Å². The molecule has 17 heavy (non-hydrogen) atoms. The summed E-state index contributed by atoms with van der Waals surface area (Å²) in [5.41, 5.74) is 8.69. The van der Waals surface area contributed by atoms with E-state index in [1.165, 1.54) is 0 Å². The molecule has 0 aliphatic carbocycles. The molecule has 1 aliphatic heterocycles. The van der Waals surface area contributed by atoms with Gasteiger partial charge in [-0.2, -0.15) is 5.10 Å². The second-order valence-corrected chi connectivity index (χ2v) is 4.01. The molecule has 0 amide bonds. The van der Waals surface area contributed by atoms with Crippen molar-refractivity contribution in [1.82, 2.24) is 4.98 Å². The topological polar surface area (TPSA) is 63.6 Å². The molecule has 1 aliphatic rings. The molecule has 2 aromatic rings. The van der Waals surface area contributed by atoms with Gasteiger partial charge in [-0.25, -0.2) is 0 Å². The number of rotatable bonds is 1. The summed E-state index contributed by atoms with van der Waals surface area (Å²) in [4.78, 5) is 4.34. The summed E-state index contributed by atoms with van der Waals surface area (Å²) in [7, 11) is 0. The third kappa shape index (κ3) is 1.78. The molecular weight excluding hydrogens is 212 g/mol. The molecule has 4 heteroatoms. The van der Waals surface area contributed by atoms with Crippen molar-refractivity contribution in [3.05, 3.63) is 42.1 Å². The van der Waals surface area contributed by atoms with Crippen LogP contribution in [-0.2, 0) is 0 Å². The van der Waals surface area contributed by atoms with Gasteiger partial charge in [-0.05, 0) is 18.6 Å². The van der Waals surface area contributed by atoms with Crippen LogP contribution in [0.25, 0.3) is 10.9 Å². The van der Waals surface area contributed by atoms with Crippen molar-refractivity contribution < 1.29 is 0 Å². The first-order valence-corrected chi connectivity index (χ1v) is 5.57. The van der Waals surface area contributed by atoms with Crippen LogP contribution in [0.4, 0.5) is 0 Å². The lowest BCUT2D eigenvalue weighted by atomic mass is 10.0. The molecule has 0 radical (unpaired) electrons. The normalized spacial score (nSPS) is 15.5. The van der Waals surface area contributed by atoms with Gasteiger partial charge in [0.1, 0.15) is 5.84 Å². The van der Waals surface area contributed by atoms with Crippen molar-refractivity contribution in [2.45, 2.75) is 12.8 Å². The summed E-state index contributed by atoms with van der Waals surface area (Å²) in [5, 5.41) is 9.25. The fraction of sp³-hybridized carbons (Fsp3) is 0.154. The van der Waals surface area contributed by atoms with Crippen LogP contribution in [0.2, 0.25) is 0 Å². The molecule has 0 spiro atoms. The second kappa shape index (κ2) is 3.97. The Kier molecular flexibility index (Phi) is 2.33. The van der Waals surface area contributed by atoms with E-state index in [2.05, 4.69) is 21.3 Å². The number of amidine groups is 1. The standard InChI is InChI=1S/C13H12N4/c14-13-6-5-12(16-17-13)10-7-8-15-11-4-2-1-3-9(10)11/h1-4,7-8H,5-6H2,(H2,14,17). The van der Waals surface area contributed by atoms with Gasteiger partial charge in [-0.1, -0.05) is 18.2 Å². The predicted octanol–water partition coefficient (Wildman–Crippen LogP) is 2.09. The number of aromatic nitrogens is 1. The van der Waals surface area contributed by atoms with Gasteiger partial charge >= 0.3 is 0 Å². The van der Waals surface area contributed by atoms with E-state index in [0.717, 1.165) is 35.0 Å². The first kappa shape index (κ1) is 9.96. The molecule has 1 aromatic heterocycles. The maximum Gasteiger partial charge on any atom is 0.122 e. The maximum atomic E-state index is 5.62. The molecular formula is C13H12N4. The lowest BCUT2D eigenvalue weighted by molar-refractivity contribution is 1.02. The monoisotopic (exact) mass is 224 g/mol. The summed E-state index contributed by atoms with van der Waals surface area (Å²) in [6.45, 7) is 0. The van der Waals surface area contributed by atoms with Crippen molar-refractivity contribution in [2.75, 3.05) is 0 Å². The molecule has 0 bridgehead atoms. The van der Waals surface area contributed by atoms with Crippen molar-refractivity contribution >= 4 is 22.5 Å². The highest BCUT2D eigenvalue weighted by molar-refractivity contribution is 6.11. The molecule has 2 heterocycles. The average molecular weight is 224 g/mol. The lowest BCUT2D eigenvalue weighted by Gasteiger charge is -2.11. The summed E-state index contributed by atoms with van der Waals surface area (Å²) < 4.78 is 0. The second-order valence-electron chi connectivity index (χ2n) is 4.01. The minimum atomic E-state index is 0.604. The number of pyridine rings is 1. The van der Waals surface area contributed by atoms with Crippen LogP contribution in [0.3, 0.4) is 0 Å². The zero-order chi connectivity index (χ0) is 11.7. The van der Waals surface area contributed by atoms with Gasteiger partial charge in [-0.15, -0.1) is 5.10 Å². The van der Waals surface area contributed by atoms with Crippen molar-refractivity contribution in [1.29, 1.82) is 0 Å². The first-order valence-electron chi connectivity index (χ1n) is 5.57. The van der Waals surface area contributed by atoms with Crippen LogP contribution in [-0.4, -0.2) is 16.5 Å². The van der Waals surface area contributed by atoms with Gasteiger partial charge in [0.2, 0.25) is 0 Å². The molecule has 84 valence electrons. The van der Waals surface area contributed by atoms with Gasteiger partial charge in [0.15, 0.2) is 0 Å². The van der Waals surface area contributed by atoms with E-state index in [1.807, 2.05) is 30.5 Å². The average Bonchev–Trinajstić information content (AvgIpc) is 2.39. The molecule has 0 saturated heterocycles. The van der Waals surface area contributed by atoms with Gasteiger partial charge < -0.3 is 5.73 Å². The Morgan fingerprint density at radius 1 is 1.00 bits per heavy atom. The van der Waals surface area contributed by atoms with E-state index in [9.17, 15) is 0 Å². The Bertz CT molecular complexity index is 623. The fourth-order valence-corrected chi connectivity index (χ4v) is 2.01. The van der Waals surface area contributed by atoms with Crippen molar-refractivity contribution in [2.24, 2.45) is 15.9 Å². The van der Waals surface area contributed by atoms with Gasteiger partial charge in [0, 0.05) is 23.6 Å². The Labute approximate surface area is 98.9 Å². The highest BCUT2D eigenvalue weighted by Gasteiger charge is 2.12. The third-order valence-electron chi connectivity index (χ3n) is 2.88. The number of nitrogens with zero attached hydrogens (tertiary/aromatic N) is 3. The largest absolute Gasteiger partial charge is 0.386 e. The third-order valence-corrected chi connectivity index (χ3v) is 2.88. The maximum absolute atomic E-state index is 5.62. The summed E-state index contributed by atoms with van der Waals surface area (Å²) >= 11 is 0. The Morgan fingerprint density at radius 2 is 1.88 bits per heavy atom. The molecule has 3 rings (SSSR count). The van der Waals surface area contributed by atoms with Crippen LogP contribution in [0.15, 0.2) is 46.7 Å². The highest BCUT2D eigenvalue weighted by Crippen LogP contribution is 2.20. The van der Waals surface area contributed by atoms with Crippen molar-refractivity contribution in [3.8, 4) is 0 Å². The van der Waals surface area contributed by atoms with Crippen LogP contribution in [0.5, 0.6) is 0 Å². The predicted molar refractivity (Wildman–Crippen MR) is 69.1 cm³/mol. The number of benzene rings is 1. The Hall–Kier alpha value is -2.23. The molecule has 0 fully saturated rings. The van der Waals surface area contributed by atoms with Crippen molar-refractivity contribution in [3.63, 3.8) is 0 Å².